The van der Waals surface area contributed by atoms with Gasteiger partial charge in [-0.05, 0) is 37.3 Å². The predicted octanol–water partition coefficient (Wildman–Crippen LogP) is 3.51. The third-order valence-electron chi connectivity index (χ3n) is 4.62. The highest BCUT2D eigenvalue weighted by Crippen LogP contribution is 2.26. The van der Waals surface area contributed by atoms with Crippen molar-refractivity contribution in [1.29, 1.82) is 0 Å². The molecule has 1 aromatic carbocycles. The van der Waals surface area contributed by atoms with Crippen molar-refractivity contribution >= 4 is 16.9 Å². The van der Waals surface area contributed by atoms with Gasteiger partial charge in [-0.2, -0.15) is 0 Å². The van der Waals surface area contributed by atoms with Crippen molar-refractivity contribution in [2.24, 2.45) is 5.92 Å². The summed E-state index contributed by atoms with van der Waals surface area (Å²) in [6, 6.07) is 8.15. The first-order chi connectivity index (χ1) is 10.8. The number of carbonyl (C=O) groups is 1. The highest BCUT2D eigenvalue weighted by atomic mass is 16.1. The molecular formula is C18H25N3O. The maximum Gasteiger partial charge on any atom is 0.220 e. The number of imidazole rings is 1. The van der Waals surface area contributed by atoms with Crippen LogP contribution in [0.25, 0.3) is 11.0 Å². The first kappa shape index (κ1) is 15.1. The minimum Gasteiger partial charge on any atom is -0.356 e. The summed E-state index contributed by atoms with van der Waals surface area (Å²) in [6.45, 7) is 1.64. The Labute approximate surface area is 131 Å². The zero-order chi connectivity index (χ0) is 15.2. The van der Waals surface area contributed by atoms with Crippen molar-refractivity contribution in [2.75, 3.05) is 6.54 Å². The topological polar surface area (TPSA) is 46.9 Å². The van der Waals surface area contributed by atoms with Gasteiger partial charge in [0.15, 0.2) is 0 Å². The third kappa shape index (κ3) is 3.87. The second kappa shape index (κ2) is 7.43. The van der Waals surface area contributed by atoms with Crippen LogP contribution >= 0.6 is 0 Å². The normalized spacial score (nSPS) is 16.0. The van der Waals surface area contributed by atoms with E-state index in [2.05, 4.69) is 20.9 Å². The molecule has 1 fully saturated rings. The Morgan fingerprint density at radius 2 is 2.05 bits per heavy atom. The van der Waals surface area contributed by atoms with Gasteiger partial charge in [-0.25, -0.2) is 4.98 Å². The number of para-hydroxylation sites is 2. The minimum absolute atomic E-state index is 0.224. The van der Waals surface area contributed by atoms with Gasteiger partial charge in [0.2, 0.25) is 5.91 Å². The van der Waals surface area contributed by atoms with Crippen LogP contribution in [-0.2, 0) is 11.3 Å². The van der Waals surface area contributed by atoms with E-state index in [9.17, 15) is 4.79 Å². The Hall–Kier alpha value is -1.84. The molecule has 4 nitrogen and oxygen atoms in total. The average Bonchev–Trinajstić information content (AvgIpc) is 2.96. The maximum atomic E-state index is 12.0. The van der Waals surface area contributed by atoms with Gasteiger partial charge in [-0.15, -0.1) is 0 Å². The van der Waals surface area contributed by atoms with E-state index >= 15 is 0 Å². The second-order valence-electron chi connectivity index (χ2n) is 6.34. The molecule has 0 bridgehead atoms. The van der Waals surface area contributed by atoms with Crippen molar-refractivity contribution in [1.82, 2.24) is 14.9 Å². The average molecular weight is 299 g/mol. The van der Waals surface area contributed by atoms with E-state index in [1.807, 2.05) is 24.5 Å². The lowest BCUT2D eigenvalue weighted by Gasteiger charge is -2.20. The summed E-state index contributed by atoms with van der Waals surface area (Å²) in [4.78, 5) is 16.3. The minimum atomic E-state index is 0.224. The molecule has 1 heterocycles. The highest BCUT2D eigenvalue weighted by Gasteiger charge is 2.16. The van der Waals surface area contributed by atoms with Crippen molar-refractivity contribution in [3.8, 4) is 0 Å². The van der Waals surface area contributed by atoms with Crippen LogP contribution in [0.5, 0.6) is 0 Å². The number of amides is 1. The molecule has 1 aromatic heterocycles. The van der Waals surface area contributed by atoms with Gasteiger partial charge in [0, 0.05) is 19.5 Å². The summed E-state index contributed by atoms with van der Waals surface area (Å²) in [5.74, 6) is 0.841. The molecule has 1 aliphatic rings. The van der Waals surface area contributed by atoms with Crippen molar-refractivity contribution in [2.45, 2.75) is 51.5 Å². The van der Waals surface area contributed by atoms with Gasteiger partial charge in [-0.3, -0.25) is 4.79 Å². The van der Waals surface area contributed by atoms with E-state index in [0.717, 1.165) is 30.5 Å². The fraction of sp³-hybridized carbons (Fsp3) is 0.556. The van der Waals surface area contributed by atoms with Crippen LogP contribution in [-0.4, -0.2) is 22.0 Å². The summed E-state index contributed by atoms with van der Waals surface area (Å²) >= 11 is 0. The lowest BCUT2D eigenvalue weighted by molar-refractivity contribution is -0.122. The van der Waals surface area contributed by atoms with E-state index in [1.165, 1.54) is 32.1 Å². The number of carbonyl (C=O) groups excluding carboxylic acids is 1. The molecule has 0 atom stereocenters. The highest BCUT2D eigenvalue weighted by molar-refractivity contribution is 5.76. The van der Waals surface area contributed by atoms with Crippen molar-refractivity contribution in [3.63, 3.8) is 0 Å². The molecule has 118 valence electrons. The Morgan fingerprint density at radius 1 is 1.23 bits per heavy atom. The lowest BCUT2D eigenvalue weighted by Crippen LogP contribution is -2.27. The van der Waals surface area contributed by atoms with Gasteiger partial charge in [-0.1, -0.05) is 31.4 Å². The number of rotatable bonds is 6. The van der Waals surface area contributed by atoms with Gasteiger partial charge in [0.1, 0.15) is 0 Å². The largest absolute Gasteiger partial charge is 0.356 e. The number of nitrogens with one attached hydrogen (secondary N) is 1. The van der Waals surface area contributed by atoms with Gasteiger partial charge < -0.3 is 9.88 Å². The van der Waals surface area contributed by atoms with Gasteiger partial charge in [0.25, 0.3) is 0 Å². The first-order valence-corrected chi connectivity index (χ1v) is 8.49. The lowest BCUT2D eigenvalue weighted by atomic mass is 9.87. The van der Waals surface area contributed by atoms with Gasteiger partial charge >= 0.3 is 0 Å². The van der Waals surface area contributed by atoms with Crippen LogP contribution in [0.1, 0.15) is 44.9 Å². The van der Waals surface area contributed by atoms with Crippen LogP contribution < -0.4 is 5.32 Å². The summed E-state index contributed by atoms with van der Waals surface area (Å²) in [5, 5.41) is 3.07. The monoisotopic (exact) mass is 299 g/mol. The van der Waals surface area contributed by atoms with Crippen molar-refractivity contribution in [3.05, 3.63) is 30.6 Å². The molecule has 2 aromatic rings. The van der Waals surface area contributed by atoms with Crippen LogP contribution in [0.4, 0.5) is 0 Å². The van der Waals surface area contributed by atoms with E-state index in [4.69, 9.17) is 0 Å². The molecule has 4 heteroatoms. The fourth-order valence-corrected chi connectivity index (χ4v) is 3.39. The Bertz CT molecular complexity index is 614. The molecule has 0 radical (unpaired) electrons. The smallest absolute Gasteiger partial charge is 0.220 e. The molecule has 3 rings (SSSR count). The van der Waals surface area contributed by atoms with Gasteiger partial charge in [0.05, 0.1) is 17.4 Å². The second-order valence-corrected chi connectivity index (χ2v) is 6.34. The fourth-order valence-electron chi connectivity index (χ4n) is 3.39. The zero-order valence-electron chi connectivity index (χ0n) is 13.1. The Balaban J connectivity index is 1.39. The van der Waals surface area contributed by atoms with Crippen molar-refractivity contribution < 1.29 is 4.79 Å². The molecule has 0 unspecified atom stereocenters. The first-order valence-electron chi connectivity index (χ1n) is 8.49. The summed E-state index contributed by atoms with van der Waals surface area (Å²) in [7, 11) is 0. The van der Waals surface area contributed by atoms with E-state index in [0.29, 0.717) is 12.3 Å². The predicted molar refractivity (Wildman–Crippen MR) is 88.6 cm³/mol. The summed E-state index contributed by atoms with van der Waals surface area (Å²) in [6.07, 6.45) is 9.94. The number of aromatic nitrogens is 2. The molecule has 22 heavy (non-hydrogen) atoms. The SMILES string of the molecule is O=C(CC1CCCCC1)NCCCn1cnc2ccccc21. The Morgan fingerprint density at radius 3 is 2.91 bits per heavy atom. The number of hydrogen-bond acceptors (Lipinski definition) is 2. The number of nitrogens with zero attached hydrogens (tertiary/aromatic N) is 2. The zero-order valence-corrected chi connectivity index (χ0v) is 13.1. The molecule has 1 aliphatic carbocycles. The van der Waals surface area contributed by atoms with E-state index < -0.39 is 0 Å². The van der Waals surface area contributed by atoms with Crippen LogP contribution in [0.2, 0.25) is 0 Å². The standard InChI is InChI=1S/C18H25N3O/c22-18(13-15-7-2-1-3-8-15)19-11-6-12-21-14-20-16-9-4-5-10-17(16)21/h4-5,9-10,14-15H,1-3,6-8,11-13H2,(H,19,22). The molecule has 0 aliphatic heterocycles. The molecule has 0 spiro atoms. The molecule has 1 saturated carbocycles. The van der Waals surface area contributed by atoms with Crippen LogP contribution in [0.15, 0.2) is 30.6 Å². The van der Waals surface area contributed by atoms with Crippen LogP contribution in [0.3, 0.4) is 0 Å². The summed E-state index contributed by atoms with van der Waals surface area (Å²) < 4.78 is 2.16. The number of aryl methyl sites for hydroxylation is 1. The van der Waals surface area contributed by atoms with Crippen LogP contribution in [0, 0.1) is 5.92 Å². The van der Waals surface area contributed by atoms with E-state index in [1.54, 1.807) is 0 Å². The third-order valence-corrected chi connectivity index (χ3v) is 4.62. The molecule has 0 saturated heterocycles. The molecule has 1 N–H and O–H groups in total. The van der Waals surface area contributed by atoms with E-state index in [-0.39, 0.29) is 5.91 Å². The maximum absolute atomic E-state index is 12.0. The molecule has 1 amide bonds. The quantitative estimate of drug-likeness (QED) is 0.830. The number of hydrogen-bond donors (Lipinski definition) is 1. The molecular weight excluding hydrogens is 274 g/mol. The summed E-state index contributed by atoms with van der Waals surface area (Å²) in [5.41, 5.74) is 2.19. The Kier molecular flexibility index (Phi) is 5.09. The number of fused-ring (bicyclic) bond motifs is 1. The number of benzene rings is 1.